The number of methoxy groups -OCH3 is 1. The molecule has 0 N–H and O–H groups in total. The number of ether oxygens (including phenoxy) is 3. The summed E-state index contributed by atoms with van der Waals surface area (Å²) in [6.07, 6.45) is 1.35. The third kappa shape index (κ3) is 10.5. The molecule has 1 saturated heterocycles. The molecule has 7 nitrogen and oxygen atoms in total. The highest BCUT2D eigenvalue weighted by atomic mass is 16.6. The Morgan fingerprint density at radius 2 is 1.60 bits per heavy atom. The molecule has 1 fully saturated rings. The number of imide groups is 1. The molecule has 1 aliphatic heterocycles. The summed E-state index contributed by atoms with van der Waals surface area (Å²) in [5.41, 5.74) is 3.24. The van der Waals surface area contributed by atoms with Crippen molar-refractivity contribution in [2.75, 3.05) is 33.4 Å². The Balaban J connectivity index is 0.000000345. The fourth-order valence-corrected chi connectivity index (χ4v) is 4.64. The van der Waals surface area contributed by atoms with Gasteiger partial charge in [-0.25, -0.2) is 9.69 Å². The van der Waals surface area contributed by atoms with Crippen molar-refractivity contribution in [3.8, 4) is 11.5 Å². The Hall–Kier alpha value is -3.84. The number of nitrogens with zero attached hydrogens (tertiary/aromatic N) is 2. The second-order valence-electron chi connectivity index (χ2n) is 9.54. The highest BCUT2D eigenvalue weighted by molar-refractivity contribution is 5.93. The molecule has 0 spiro atoms. The average Bonchev–Trinajstić information content (AvgIpc) is 3.43. The van der Waals surface area contributed by atoms with Gasteiger partial charge in [0.1, 0.15) is 12.6 Å². The number of amides is 2. The topological polar surface area (TPSA) is 68.3 Å². The van der Waals surface area contributed by atoms with Crippen molar-refractivity contribution in [2.24, 2.45) is 0 Å². The van der Waals surface area contributed by atoms with Gasteiger partial charge in [-0.15, -0.1) is 0 Å². The van der Waals surface area contributed by atoms with E-state index in [1.54, 1.807) is 7.11 Å². The molecule has 1 unspecified atom stereocenters. The number of benzene rings is 3. The smallest absolute Gasteiger partial charge is 0.417 e. The predicted octanol–water partition coefficient (Wildman–Crippen LogP) is 7.69. The zero-order valence-electron chi connectivity index (χ0n) is 26.2. The van der Waals surface area contributed by atoms with Crippen molar-refractivity contribution >= 4 is 12.0 Å². The fourth-order valence-electron chi connectivity index (χ4n) is 4.64. The minimum atomic E-state index is -0.585. The maximum atomic E-state index is 12.7. The highest BCUT2D eigenvalue weighted by Crippen LogP contribution is 2.30. The van der Waals surface area contributed by atoms with Gasteiger partial charge in [-0.05, 0) is 61.7 Å². The molecule has 0 bridgehead atoms. The summed E-state index contributed by atoms with van der Waals surface area (Å²) in [5, 5.41) is 0. The lowest BCUT2D eigenvalue weighted by atomic mass is 10.1. The van der Waals surface area contributed by atoms with Crippen LogP contribution in [-0.4, -0.2) is 55.2 Å². The summed E-state index contributed by atoms with van der Waals surface area (Å²) in [6, 6.07) is 25.3. The van der Waals surface area contributed by atoms with Crippen molar-refractivity contribution < 1.29 is 23.8 Å². The maximum Gasteiger partial charge on any atom is 0.417 e. The minimum Gasteiger partial charge on any atom is -0.493 e. The van der Waals surface area contributed by atoms with Crippen LogP contribution in [0.5, 0.6) is 11.5 Å². The Bertz CT molecular complexity index is 1190. The van der Waals surface area contributed by atoms with E-state index < -0.39 is 6.09 Å². The van der Waals surface area contributed by atoms with Crippen LogP contribution in [-0.2, 0) is 22.5 Å². The minimum absolute atomic E-state index is 0.186. The molecular formula is C35H48N2O5. The van der Waals surface area contributed by atoms with Gasteiger partial charge in [0.25, 0.3) is 0 Å². The first-order chi connectivity index (χ1) is 20.5. The van der Waals surface area contributed by atoms with E-state index in [2.05, 4.69) is 49.1 Å². The van der Waals surface area contributed by atoms with Crippen LogP contribution in [0.3, 0.4) is 0 Å². The van der Waals surface area contributed by atoms with Crippen LogP contribution >= 0.6 is 0 Å². The average molecular weight is 577 g/mol. The zero-order chi connectivity index (χ0) is 30.7. The summed E-state index contributed by atoms with van der Waals surface area (Å²) in [5.74, 6) is 1.05. The van der Waals surface area contributed by atoms with Gasteiger partial charge in [-0.3, -0.25) is 9.69 Å². The molecule has 1 atom stereocenters. The second-order valence-corrected chi connectivity index (χ2v) is 9.54. The van der Waals surface area contributed by atoms with Gasteiger partial charge in [-0.2, -0.15) is 0 Å². The Kier molecular flexibility index (Phi) is 15.8. The van der Waals surface area contributed by atoms with E-state index in [-0.39, 0.29) is 25.0 Å². The van der Waals surface area contributed by atoms with Crippen LogP contribution < -0.4 is 9.47 Å². The van der Waals surface area contributed by atoms with Crippen molar-refractivity contribution in [2.45, 2.75) is 66.5 Å². The van der Waals surface area contributed by atoms with Gasteiger partial charge in [0.05, 0.1) is 13.7 Å². The summed E-state index contributed by atoms with van der Waals surface area (Å²) in [4.78, 5) is 28.5. The standard InChI is InChI=1S/C21H23NO5.C12H19N.C2H6/c1-3-26-19-13-15(9-11-18(19)25-2)10-12-20(23)22-17(14-27-21(22)24)16-7-5-4-6-8-16;1-3-10-13(4-2)11-12-8-6-5-7-9-12;1-2/h4-9,11,13,17H,3,10,12,14H2,1-2H3;5-9H,3-4,10-11H2,1-2H3;1-2H3. The summed E-state index contributed by atoms with van der Waals surface area (Å²) >= 11 is 0. The Labute approximate surface area is 252 Å². The molecule has 1 aliphatic rings. The quantitative estimate of drug-likeness (QED) is 0.220. The lowest BCUT2D eigenvalue weighted by molar-refractivity contribution is -0.129. The molecule has 0 saturated carbocycles. The van der Waals surface area contributed by atoms with Gasteiger partial charge in [-0.1, -0.05) is 94.4 Å². The first-order valence-electron chi connectivity index (χ1n) is 15.1. The molecule has 0 aromatic heterocycles. The lowest BCUT2D eigenvalue weighted by Crippen LogP contribution is -2.34. The normalized spacial score (nSPS) is 13.8. The van der Waals surface area contributed by atoms with Crippen molar-refractivity contribution in [1.29, 1.82) is 0 Å². The van der Waals surface area contributed by atoms with E-state index in [1.807, 2.05) is 69.3 Å². The van der Waals surface area contributed by atoms with E-state index in [0.717, 1.165) is 24.2 Å². The molecule has 7 heteroatoms. The molecule has 3 aromatic carbocycles. The second kappa shape index (κ2) is 19.3. The van der Waals surface area contributed by atoms with Gasteiger partial charge >= 0.3 is 6.09 Å². The lowest BCUT2D eigenvalue weighted by Gasteiger charge is -2.20. The van der Waals surface area contributed by atoms with E-state index >= 15 is 0 Å². The number of hydrogen-bond acceptors (Lipinski definition) is 6. The third-order valence-corrected chi connectivity index (χ3v) is 6.72. The largest absolute Gasteiger partial charge is 0.493 e. The zero-order valence-corrected chi connectivity index (χ0v) is 26.2. The molecule has 4 rings (SSSR count). The fraction of sp³-hybridized carbons (Fsp3) is 0.429. The van der Waals surface area contributed by atoms with Crippen molar-refractivity contribution in [1.82, 2.24) is 9.80 Å². The monoisotopic (exact) mass is 576 g/mol. The molecule has 3 aromatic rings. The van der Waals surface area contributed by atoms with Gasteiger partial charge < -0.3 is 14.2 Å². The van der Waals surface area contributed by atoms with Crippen LogP contribution in [0.1, 0.15) is 70.2 Å². The van der Waals surface area contributed by atoms with Crippen LogP contribution in [0.2, 0.25) is 0 Å². The highest BCUT2D eigenvalue weighted by Gasteiger charge is 2.38. The number of carbonyl (C=O) groups excluding carboxylic acids is 2. The number of rotatable bonds is 12. The molecule has 42 heavy (non-hydrogen) atoms. The van der Waals surface area contributed by atoms with Crippen LogP contribution in [0.25, 0.3) is 0 Å². The molecule has 1 heterocycles. The SMILES string of the molecule is CC.CCCN(CC)Cc1ccccc1.CCOc1cc(CCC(=O)N2C(=O)OCC2c2ccccc2)ccc1OC. The van der Waals surface area contributed by atoms with Crippen molar-refractivity contribution in [3.05, 3.63) is 95.6 Å². The first-order valence-corrected chi connectivity index (χ1v) is 15.1. The first kappa shape index (κ1) is 34.4. The summed E-state index contributed by atoms with van der Waals surface area (Å²) in [6.45, 7) is 14.5. The van der Waals surface area contributed by atoms with Crippen LogP contribution in [0, 0.1) is 0 Å². The Morgan fingerprint density at radius 3 is 2.19 bits per heavy atom. The van der Waals surface area contributed by atoms with Gasteiger partial charge in [0, 0.05) is 13.0 Å². The molecule has 2 amide bonds. The van der Waals surface area contributed by atoms with Crippen LogP contribution in [0.15, 0.2) is 78.9 Å². The van der Waals surface area contributed by atoms with Crippen molar-refractivity contribution in [3.63, 3.8) is 0 Å². The van der Waals surface area contributed by atoms with Gasteiger partial charge in [0.15, 0.2) is 11.5 Å². The molecule has 228 valence electrons. The number of aryl methyl sites for hydroxylation is 1. The summed E-state index contributed by atoms with van der Waals surface area (Å²) < 4.78 is 16.0. The number of carbonyl (C=O) groups is 2. The molecular weight excluding hydrogens is 528 g/mol. The van der Waals surface area contributed by atoms with E-state index in [1.165, 1.54) is 23.4 Å². The van der Waals surface area contributed by atoms with Crippen LogP contribution in [0.4, 0.5) is 4.79 Å². The molecule has 0 aliphatic carbocycles. The van der Waals surface area contributed by atoms with E-state index in [0.29, 0.717) is 24.5 Å². The predicted molar refractivity (Wildman–Crippen MR) is 169 cm³/mol. The number of hydrogen-bond donors (Lipinski definition) is 0. The number of cyclic esters (lactones) is 1. The van der Waals surface area contributed by atoms with Gasteiger partial charge in [0.2, 0.25) is 5.91 Å². The Morgan fingerprint density at radius 1 is 0.929 bits per heavy atom. The third-order valence-electron chi connectivity index (χ3n) is 6.72. The van der Waals surface area contributed by atoms with E-state index in [4.69, 9.17) is 14.2 Å². The summed E-state index contributed by atoms with van der Waals surface area (Å²) in [7, 11) is 1.59. The maximum absolute atomic E-state index is 12.7. The van der Waals surface area contributed by atoms with E-state index in [9.17, 15) is 9.59 Å². The molecule has 0 radical (unpaired) electrons.